The monoisotopic (exact) mass is 404 g/mol. The quantitative estimate of drug-likeness (QED) is 0.417. The van der Waals surface area contributed by atoms with Crippen LogP contribution in [0.25, 0.3) is 0 Å². The second-order valence-electron chi connectivity index (χ2n) is 8.07. The molecule has 0 bridgehead atoms. The minimum atomic E-state index is -1.16. The maximum absolute atomic E-state index is 12.7. The van der Waals surface area contributed by atoms with Gasteiger partial charge >= 0.3 is 11.9 Å². The summed E-state index contributed by atoms with van der Waals surface area (Å²) in [5.74, 6) is -0.612. The second kappa shape index (κ2) is 8.41. The van der Waals surface area contributed by atoms with Crippen molar-refractivity contribution in [3.05, 3.63) is 89.0 Å². The fraction of sp³-hybridized carbons (Fsp3) is 0.200. The average Bonchev–Trinajstić information content (AvgIpc) is 2.69. The van der Waals surface area contributed by atoms with Gasteiger partial charge in [-0.1, -0.05) is 56.7 Å². The summed E-state index contributed by atoms with van der Waals surface area (Å²) >= 11 is 0. The van der Waals surface area contributed by atoms with Crippen molar-refractivity contribution in [2.24, 2.45) is 0 Å². The molecule has 0 spiro atoms. The van der Waals surface area contributed by atoms with Crippen molar-refractivity contribution in [3.63, 3.8) is 0 Å². The summed E-state index contributed by atoms with van der Waals surface area (Å²) in [6, 6.07) is 18.8. The van der Waals surface area contributed by atoms with E-state index in [0.717, 1.165) is 11.1 Å². The zero-order valence-electron chi connectivity index (χ0n) is 17.4. The number of carboxylic acid groups (broad SMARTS) is 1. The summed E-state index contributed by atoms with van der Waals surface area (Å²) in [5, 5.41) is 9.29. The lowest BCUT2D eigenvalue weighted by molar-refractivity contribution is 0.0681. The van der Waals surface area contributed by atoms with E-state index in [0.29, 0.717) is 11.5 Å². The molecule has 30 heavy (non-hydrogen) atoms. The van der Waals surface area contributed by atoms with Crippen LogP contribution in [-0.4, -0.2) is 17.0 Å². The Hall–Kier alpha value is -3.60. The van der Waals surface area contributed by atoms with E-state index in [1.165, 1.54) is 12.1 Å². The first kappa shape index (κ1) is 21.1. The summed E-state index contributed by atoms with van der Waals surface area (Å²) in [7, 11) is 0. The van der Waals surface area contributed by atoms with Crippen LogP contribution in [0.15, 0.2) is 66.7 Å². The number of benzene rings is 3. The van der Waals surface area contributed by atoms with E-state index < -0.39 is 11.9 Å². The third kappa shape index (κ3) is 4.87. The molecule has 0 aliphatic heterocycles. The van der Waals surface area contributed by atoms with E-state index in [1.54, 1.807) is 24.3 Å². The van der Waals surface area contributed by atoms with E-state index in [2.05, 4.69) is 20.8 Å². The Balaban J connectivity index is 1.95. The molecule has 0 amide bonds. The van der Waals surface area contributed by atoms with Crippen LogP contribution >= 0.6 is 0 Å². The highest BCUT2D eigenvalue weighted by Crippen LogP contribution is 2.35. The Kier molecular flexibility index (Phi) is 5.92. The number of carbonyl (C=O) groups excluding carboxylic acids is 1. The molecule has 0 aliphatic rings. The van der Waals surface area contributed by atoms with Gasteiger partial charge in [-0.3, -0.25) is 0 Å². The molecule has 3 aromatic rings. The van der Waals surface area contributed by atoms with Gasteiger partial charge in [-0.25, -0.2) is 9.59 Å². The van der Waals surface area contributed by atoms with Gasteiger partial charge in [-0.15, -0.1) is 0 Å². The first-order chi connectivity index (χ1) is 14.1. The van der Waals surface area contributed by atoms with Crippen molar-refractivity contribution < 1.29 is 24.2 Å². The standard InChI is InChI=1S/C25H24O5/c1-16-9-12-18(13-10-16)29-22-15-17(11-14-20(22)25(2,3)4)24(28)30-21-8-6-5-7-19(21)23(26)27/h5-15H,1-4H3,(H,26,27). The van der Waals surface area contributed by atoms with Crippen molar-refractivity contribution in [3.8, 4) is 17.2 Å². The first-order valence-corrected chi connectivity index (χ1v) is 9.59. The summed E-state index contributed by atoms with van der Waals surface area (Å²) in [5.41, 5.74) is 2.04. The number of rotatable bonds is 5. The van der Waals surface area contributed by atoms with Crippen LogP contribution in [0.4, 0.5) is 0 Å². The van der Waals surface area contributed by atoms with Gasteiger partial charge in [-0.05, 0) is 48.7 Å². The summed E-state index contributed by atoms with van der Waals surface area (Å²) in [6.07, 6.45) is 0. The van der Waals surface area contributed by atoms with Crippen LogP contribution in [0, 0.1) is 6.92 Å². The number of para-hydroxylation sites is 1. The second-order valence-corrected chi connectivity index (χ2v) is 8.07. The molecule has 0 radical (unpaired) electrons. The molecule has 0 aromatic heterocycles. The lowest BCUT2D eigenvalue weighted by Crippen LogP contribution is -2.15. The minimum Gasteiger partial charge on any atom is -0.478 e. The zero-order chi connectivity index (χ0) is 21.9. The Bertz CT molecular complexity index is 1080. The highest BCUT2D eigenvalue weighted by Gasteiger charge is 2.22. The Labute approximate surface area is 175 Å². The Morgan fingerprint density at radius 1 is 0.867 bits per heavy atom. The van der Waals surface area contributed by atoms with Gasteiger partial charge < -0.3 is 14.6 Å². The molecule has 0 unspecified atom stereocenters. The minimum absolute atomic E-state index is 0.00380. The number of hydrogen-bond acceptors (Lipinski definition) is 4. The molecule has 5 heteroatoms. The van der Waals surface area contributed by atoms with Crippen molar-refractivity contribution in [1.29, 1.82) is 0 Å². The maximum atomic E-state index is 12.7. The van der Waals surface area contributed by atoms with Crippen LogP contribution in [0.2, 0.25) is 0 Å². The van der Waals surface area contributed by atoms with Gasteiger partial charge in [0.25, 0.3) is 0 Å². The van der Waals surface area contributed by atoms with Crippen molar-refractivity contribution in [2.75, 3.05) is 0 Å². The van der Waals surface area contributed by atoms with Gasteiger partial charge in [0.2, 0.25) is 0 Å². The molecular formula is C25H24O5. The van der Waals surface area contributed by atoms with Crippen LogP contribution < -0.4 is 9.47 Å². The molecule has 3 rings (SSSR count). The molecule has 0 fully saturated rings. The SMILES string of the molecule is Cc1ccc(Oc2cc(C(=O)Oc3ccccc3C(=O)O)ccc2C(C)(C)C)cc1. The van der Waals surface area contributed by atoms with E-state index in [4.69, 9.17) is 9.47 Å². The molecule has 0 saturated heterocycles. The number of ether oxygens (including phenoxy) is 2. The molecule has 1 N–H and O–H groups in total. The summed E-state index contributed by atoms with van der Waals surface area (Å²) < 4.78 is 11.5. The number of aryl methyl sites for hydroxylation is 1. The molecule has 0 atom stereocenters. The van der Waals surface area contributed by atoms with Crippen LogP contribution in [0.5, 0.6) is 17.2 Å². The highest BCUT2D eigenvalue weighted by molar-refractivity contribution is 5.95. The number of esters is 1. The third-order valence-corrected chi connectivity index (χ3v) is 4.59. The van der Waals surface area contributed by atoms with Gasteiger partial charge in [0, 0.05) is 5.56 Å². The molecular weight excluding hydrogens is 380 g/mol. The summed E-state index contributed by atoms with van der Waals surface area (Å²) in [6.45, 7) is 8.18. The van der Waals surface area contributed by atoms with Gasteiger partial charge in [0.1, 0.15) is 22.8 Å². The highest BCUT2D eigenvalue weighted by atomic mass is 16.5. The van der Waals surface area contributed by atoms with Crippen LogP contribution in [0.3, 0.4) is 0 Å². The topological polar surface area (TPSA) is 72.8 Å². The fourth-order valence-corrected chi connectivity index (χ4v) is 2.98. The Morgan fingerprint density at radius 2 is 1.53 bits per heavy atom. The van der Waals surface area contributed by atoms with Crippen molar-refractivity contribution in [1.82, 2.24) is 0 Å². The molecule has 154 valence electrons. The Morgan fingerprint density at radius 3 is 2.17 bits per heavy atom. The predicted molar refractivity (Wildman–Crippen MR) is 115 cm³/mol. The number of carboxylic acids is 1. The number of aromatic carboxylic acids is 1. The largest absolute Gasteiger partial charge is 0.478 e. The predicted octanol–water partition coefficient (Wildman–Crippen LogP) is 6.00. The van der Waals surface area contributed by atoms with Crippen molar-refractivity contribution in [2.45, 2.75) is 33.1 Å². The maximum Gasteiger partial charge on any atom is 0.343 e. The molecule has 0 heterocycles. The summed E-state index contributed by atoms with van der Waals surface area (Å²) in [4.78, 5) is 24.1. The lowest BCUT2D eigenvalue weighted by atomic mass is 9.86. The van der Waals surface area contributed by atoms with E-state index in [9.17, 15) is 14.7 Å². The molecule has 0 aliphatic carbocycles. The molecule has 0 saturated carbocycles. The number of hydrogen-bond donors (Lipinski definition) is 1. The van der Waals surface area contributed by atoms with Gasteiger partial charge in [0.05, 0.1) is 5.56 Å². The first-order valence-electron chi connectivity index (χ1n) is 9.59. The molecule has 3 aromatic carbocycles. The van der Waals surface area contributed by atoms with Crippen molar-refractivity contribution >= 4 is 11.9 Å². The van der Waals surface area contributed by atoms with Crippen LogP contribution in [-0.2, 0) is 5.41 Å². The van der Waals surface area contributed by atoms with Gasteiger partial charge in [-0.2, -0.15) is 0 Å². The van der Waals surface area contributed by atoms with Gasteiger partial charge in [0.15, 0.2) is 0 Å². The smallest absolute Gasteiger partial charge is 0.343 e. The van der Waals surface area contributed by atoms with E-state index >= 15 is 0 Å². The fourth-order valence-electron chi connectivity index (χ4n) is 2.98. The lowest BCUT2D eigenvalue weighted by Gasteiger charge is -2.23. The zero-order valence-corrected chi connectivity index (χ0v) is 17.4. The van der Waals surface area contributed by atoms with E-state index in [-0.39, 0.29) is 22.3 Å². The molecule has 5 nitrogen and oxygen atoms in total. The number of carbonyl (C=O) groups is 2. The van der Waals surface area contributed by atoms with E-state index in [1.807, 2.05) is 37.3 Å². The average molecular weight is 404 g/mol. The third-order valence-electron chi connectivity index (χ3n) is 4.59. The normalized spacial score (nSPS) is 11.1. The van der Waals surface area contributed by atoms with Crippen LogP contribution in [0.1, 0.15) is 52.6 Å².